The average molecular weight is 283 g/mol. The summed E-state index contributed by atoms with van der Waals surface area (Å²) in [7, 11) is 0. The van der Waals surface area contributed by atoms with E-state index in [-0.39, 0.29) is 17.9 Å². The molecule has 0 atom stereocenters. The van der Waals surface area contributed by atoms with Crippen LogP contribution in [-0.4, -0.2) is 11.9 Å². The number of amides is 1. The van der Waals surface area contributed by atoms with Crippen molar-refractivity contribution in [1.29, 1.82) is 0 Å². The maximum atomic E-state index is 11.8. The second-order valence-corrected chi connectivity index (χ2v) is 5.24. The maximum absolute atomic E-state index is 11.8. The Morgan fingerprint density at radius 1 is 1.50 bits per heavy atom. The Morgan fingerprint density at radius 2 is 2.19 bits per heavy atom. The lowest BCUT2D eigenvalue weighted by atomic mass is 9.80. The molecule has 0 unspecified atom stereocenters. The summed E-state index contributed by atoms with van der Waals surface area (Å²) in [6, 6.07) is 6.01. The molecule has 3 nitrogen and oxygen atoms in total. The molecule has 1 aromatic carbocycles. The number of hydrogen-bond donors (Lipinski definition) is 2. The molecule has 1 aliphatic rings. The molecule has 4 heteroatoms. The van der Waals surface area contributed by atoms with Gasteiger partial charge in [0.15, 0.2) is 0 Å². The highest BCUT2D eigenvalue weighted by atomic mass is 79.9. The minimum absolute atomic E-state index is 0.0865. The smallest absolute Gasteiger partial charge is 0.227 e. The fourth-order valence-corrected chi connectivity index (χ4v) is 2.09. The Bertz CT molecular complexity index is 413. The van der Waals surface area contributed by atoms with Crippen LogP contribution < -0.4 is 11.1 Å². The number of hydrogen-bond acceptors (Lipinski definition) is 2. The number of anilines is 1. The second-order valence-electron chi connectivity index (χ2n) is 4.38. The van der Waals surface area contributed by atoms with E-state index >= 15 is 0 Å². The number of benzene rings is 1. The Hall–Kier alpha value is -0.870. The lowest BCUT2D eigenvalue weighted by molar-refractivity contribution is -0.122. The average Bonchev–Trinajstić information content (AvgIpc) is 2.19. The normalized spacial score (nSPS) is 23.7. The van der Waals surface area contributed by atoms with Crippen molar-refractivity contribution in [2.24, 2.45) is 11.7 Å². The quantitative estimate of drug-likeness (QED) is 0.875. The van der Waals surface area contributed by atoms with Crippen LogP contribution in [0.25, 0.3) is 0 Å². The molecule has 3 N–H and O–H groups in total. The van der Waals surface area contributed by atoms with Gasteiger partial charge in [0.25, 0.3) is 0 Å². The van der Waals surface area contributed by atoms with Crippen LogP contribution in [-0.2, 0) is 4.79 Å². The first-order valence-electron chi connectivity index (χ1n) is 5.39. The highest BCUT2D eigenvalue weighted by Crippen LogP contribution is 2.27. The number of nitrogens with one attached hydrogen (secondary N) is 1. The highest BCUT2D eigenvalue weighted by molar-refractivity contribution is 9.10. The molecule has 1 aromatic rings. The highest BCUT2D eigenvalue weighted by Gasteiger charge is 2.31. The molecule has 0 spiro atoms. The summed E-state index contributed by atoms with van der Waals surface area (Å²) in [6.07, 6.45) is 1.61. The molecule has 0 radical (unpaired) electrons. The predicted molar refractivity (Wildman–Crippen MR) is 68.2 cm³/mol. The fraction of sp³-hybridized carbons (Fsp3) is 0.417. The van der Waals surface area contributed by atoms with Gasteiger partial charge in [-0.2, -0.15) is 0 Å². The van der Waals surface area contributed by atoms with Gasteiger partial charge in [0.2, 0.25) is 5.91 Å². The fourth-order valence-electron chi connectivity index (χ4n) is 1.84. The molecule has 0 aromatic heterocycles. The predicted octanol–water partition coefficient (Wildman–Crippen LogP) is 2.43. The minimum atomic E-state index is 0.0865. The number of carbonyl (C=O) groups is 1. The van der Waals surface area contributed by atoms with E-state index in [9.17, 15) is 4.79 Å². The van der Waals surface area contributed by atoms with Gasteiger partial charge in [-0.05, 0) is 43.5 Å². The van der Waals surface area contributed by atoms with E-state index in [1.807, 2.05) is 25.1 Å². The Balaban J connectivity index is 1.98. The molecule has 1 saturated carbocycles. The summed E-state index contributed by atoms with van der Waals surface area (Å²) >= 11 is 3.43. The third-order valence-electron chi connectivity index (χ3n) is 2.97. The second kappa shape index (κ2) is 4.55. The molecule has 1 fully saturated rings. The van der Waals surface area contributed by atoms with Crippen molar-refractivity contribution in [3.63, 3.8) is 0 Å². The number of carbonyl (C=O) groups excluding carboxylic acids is 1. The van der Waals surface area contributed by atoms with Crippen LogP contribution in [0.4, 0.5) is 5.69 Å². The van der Waals surface area contributed by atoms with Crippen molar-refractivity contribution >= 4 is 27.5 Å². The third kappa shape index (κ3) is 2.44. The van der Waals surface area contributed by atoms with Gasteiger partial charge in [0.1, 0.15) is 0 Å². The Labute approximate surface area is 104 Å². The van der Waals surface area contributed by atoms with Crippen LogP contribution in [0.5, 0.6) is 0 Å². The maximum Gasteiger partial charge on any atom is 0.227 e. The molecule has 1 amide bonds. The Morgan fingerprint density at radius 3 is 2.75 bits per heavy atom. The molecular weight excluding hydrogens is 268 g/mol. The van der Waals surface area contributed by atoms with E-state index in [0.29, 0.717) is 0 Å². The number of aryl methyl sites for hydroxylation is 1. The molecular formula is C12H15BrN2O. The molecule has 0 saturated heterocycles. The third-order valence-corrected chi connectivity index (χ3v) is 3.86. The Kier molecular flexibility index (Phi) is 3.30. The standard InChI is InChI=1S/C12H15BrN2O/c1-7-4-10(2-3-11(7)13)15-12(16)8-5-9(14)6-8/h2-4,8-9H,5-6,14H2,1H3,(H,15,16). The van der Waals surface area contributed by atoms with Gasteiger partial charge in [0, 0.05) is 22.1 Å². The van der Waals surface area contributed by atoms with E-state index in [1.165, 1.54) is 0 Å². The van der Waals surface area contributed by atoms with E-state index in [0.717, 1.165) is 28.6 Å². The molecule has 2 rings (SSSR count). The molecule has 1 aliphatic carbocycles. The first-order chi connectivity index (χ1) is 7.56. The zero-order chi connectivity index (χ0) is 11.7. The van der Waals surface area contributed by atoms with Crippen LogP contribution in [0, 0.1) is 12.8 Å². The van der Waals surface area contributed by atoms with Crippen molar-refractivity contribution in [3.8, 4) is 0 Å². The van der Waals surface area contributed by atoms with E-state index in [2.05, 4.69) is 21.2 Å². The van der Waals surface area contributed by atoms with E-state index < -0.39 is 0 Å². The zero-order valence-corrected chi connectivity index (χ0v) is 10.8. The lowest BCUT2D eigenvalue weighted by Gasteiger charge is -2.31. The summed E-state index contributed by atoms with van der Waals surface area (Å²) in [6.45, 7) is 2.00. The summed E-state index contributed by atoms with van der Waals surface area (Å²) in [5.74, 6) is 0.183. The van der Waals surface area contributed by atoms with Gasteiger partial charge in [-0.15, -0.1) is 0 Å². The molecule has 0 heterocycles. The van der Waals surface area contributed by atoms with Crippen LogP contribution in [0.15, 0.2) is 22.7 Å². The lowest BCUT2D eigenvalue weighted by Crippen LogP contribution is -2.42. The van der Waals surface area contributed by atoms with Crippen LogP contribution in [0.3, 0.4) is 0 Å². The van der Waals surface area contributed by atoms with Gasteiger partial charge in [0.05, 0.1) is 0 Å². The first kappa shape index (κ1) is 11.6. The number of rotatable bonds is 2. The molecule has 86 valence electrons. The van der Waals surface area contributed by atoms with Crippen LogP contribution >= 0.6 is 15.9 Å². The summed E-state index contributed by atoms with van der Waals surface area (Å²) in [5, 5.41) is 2.92. The van der Waals surface area contributed by atoms with Gasteiger partial charge in [-0.3, -0.25) is 4.79 Å². The zero-order valence-electron chi connectivity index (χ0n) is 9.16. The van der Waals surface area contributed by atoms with Crippen molar-refractivity contribution in [2.75, 3.05) is 5.32 Å². The van der Waals surface area contributed by atoms with E-state index in [1.54, 1.807) is 0 Å². The molecule has 0 aliphatic heterocycles. The van der Waals surface area contributed by atoms with Crippen molar-refractivity contribution in [3.05, 3.63) is 28.2 Å². The van der Waals surface area contributed by atoms with E-state index in [4.69, 9.17) is 5.73 Å². The topological polar surface area (TPSA) is 55.1 Å². The largest absolute Gasteiger partial charge is 0.328 e. The summed E-state index contributed by atoms with van der Waals surface area (Å²) in [5.41, 5.74) is 7.62. The van der Waals surface area contributed by atoms with Gasteiger partial charge < -0.3 is 11.1 Å². The van der Waals surface area contributed by atoms with Gasteiger partial charge in [-0.25, -0.2) is 0 Å². The number of nitrogens with two attached hydrogens (primary N) is 1. The first-order valence-corrected chi connectivity index (χ1v) is 6.18. The van der Waals surface area contributed by atoms with Gasteiger partial charge in [-0.1, -0.05) is 15.9 Å². The van der Waals surface area contributed by atoms with Crippen molar-refractivity contribution in [2.45, 2.75) is 25.8 Å². The number of halogens is 1. The van der Waals surface area contributed by atoms with Gasteiger partial charge >= 0.3 is 0 Å². The minimum Gasteiger partial charge on any atom is -0.328 e. The van der Waals surface area contributed by atoms with Crippen LogP contribution in [0.1, 0.15) is 18.4 Å². The molecule has 16 heavy (non-hydrogen) atoms. The molecule has 0 bridgehead atoms. The van der Waals surface area contributed by atoms with Crippen LogP contribution in [0.2, 0.25) is 0 Å². The van der Waals surface area contributed by atoms with Crippen molar-refractivity contribution < 1.29 is 4.79 Å². The SMILES string of the molecule is Cc1cc(NC(=O)C2CC(N)C2)ccc1Br. The van der Waals surface area contributed by atoms with Crippen molar-refractivity contribution in [1.82, 2.24) is 0 Å². The monoisotopic (exact) mass is 282 g/mol. The summed E-state index contributed by atoms with van der Waals surface area (Å²) in [4.78, 5) is 11.8. The summed E-state index contributed by atoms with van der Waals surface area (Å²) < 4.78 is 1.05.